The summed E-state index contributed by atoms with van der Waals surface area (Å²) < 4.78 is 0. The molecule has 2 atom stereocenters. The quantitative estimate of drug-likeness (QED) is 0.190. The van der Waals surface area contributed by atoms with Crippen molar-refractivity contribution in [3.05, 3.63) is 208 Å². The zero-order valence-electron chi connectivity index (χ0n) is 32.9. The van der Waals surface area contributed by atoms with Gasteiger partial charge in [-0.15, -0.1) is 0 Å². The topological polar surface area (TPSA) is 15.6 Å². The maximum absolute atomic E-state index is 5.01. The van der Waals surface area contributed by atoms with Crippen molar-refractivity contribution in [1.82, 2.24) is 4.90 Å². The van der Waals surface area contributed by atoms with E-state index >= 15 is 0 Å². The summed E-state index contributed by atoms with van der Waals surface area (Å²) in [4.78, 5) is 7.61. The number of rotatable bonds is 13. The second kappa shape index (κ2) is 19.6. The van der Waals surface area contributed by atoms with Gasteiger partial charge in [0.05, 0.1) is 11.7 Å². The highest BCUT2D eigenvalue weighted by Gasteiger charge is 2.31. The summed E-state index contributed by atoms with van der Waals surface area (Å²) in [5, 5.41) is 0. The first kappa shape index (κ1) is 39.0. The minimum Gasteiger partial charge on any atom is -0.333 e. The molecule has 0 saturated heterocycles. The van der Waals surface area contributed by atoms with Crippen molar-refractivity contribution in [2.75, 3.05) is 0 Å². The van der Waals surface area contributed by atoms with Crippen molar-refractivity contribution in [2.45, 2.75) is 86.1 Å². The minimum absolute atomic E-state index is 0.0348. The van der Waals surface area contributed by atoms with Crippen molar-refractivity contribution in [2.24, 2.45) is 10.9 Å². The molecule has 0 bridgehead atoms. The fraction of sp³-hybridized carbons (Fsp3) is 0.275. The third kappa shape index (κ3) is 9.43. The first-order valence-corrected chi connectivity index (χ1v) is 19.6. The molecule has 2 heteroatoms. The van der Waals surface area contributed by atoms with Gasteiger partial charge in [0.25, 0.3) is 0 Å². The summed E-state index contributed by atoms with van der Waals surface area (Å²) in [5.74, 6) is 0.311. The standard InChI is InChI=1S/C51H58N2/c1-8-13-24-40(11-4)51(44(25-14-9-2)36-39(7)41-26-17-15-18-27-41)45-35-34-42(33-32-38(45)6)46-30-21-22-31-49(46)53-48(12-5)47(23-10-3)52-37-50(53)43-28-19-16-20-29-43/h9-11,13-21,23-30,33-35,37-38,50H,7-8,12,22,31-32,36H2,1-6H3/b14-9-,23-10-,24-13-,40-11+,44-25+,51-45-. The van der Waals surface area contributed by atoms with Crippen LogP contribution in [0.25, 0.3) is 5.57 Å². The molecule has 0 aromatic heterocycles. The molecule has 0 amide bonds. The minimum atomic E-state index is 0.0348. The van der Waals surface area contributed by atoms with Gasteiger partial charge >= 0.3 is 0 Å². The van der Waals surface area contributed by atoms with E-state index in [0.29, 0.717) is 5.92 Å². The monoisotopic (exact) mass is 698 g/mol. The molecule has 0 radical (unpaired) electrons. The Hall–Kier alpha value is -5.21. The normalized spacial score (nSPS) is 21.0. The van der Waals surface area contributed by atoms with Crippen LogP contribution >= 0.6 is 0 Å². The zero-order chi connectivity index (χ0) is 37.6. The molecule has 3 aliphatic rings. The van der Waals surface area contributed by atoms with E-state index in [4.69, 9.17) is 4.99 Å². The van der Waals surface area contributed by atoms with E-state index in [2.05, 4.69) is 199 Å². The van der Waals surface area contributed by atoms with Crippen molar-refractivity contribution < 1.29 is 0 Å². The Balaban J connectivity index is 1.67. The van der Waals surface area contributed by atoms with E-state index in [1.165, 1.54) is 56.0 Å². The van der Waals surface area contributed by atoms with E-state index in [1.54, 1.807) is 0 Å². The number of allylic oxidation sites excluding steroid dienone is 22. The summed E-state index contributed by atoms with van der Waals surface area (Å²) in [7, 11) is 0. The van der Waals surface area contributed by atoms with Gasteiger partial charge in [-0.2, -0.15) is 0 Å². The third-order valence-corrected chi connectivity index (χ3v) is 10.2. The van der Waals surface area contributed by atoms with Gasteiger partial charge in [-0.3, -0.25) is 4.99 Å². The third-order valence-electron chi connectivity index (χ3n) is 10.2. The number of benzene rings is 2. The molecule has 272 valence electrons. The largest absolute Gasteiger partial charge is 0.333 e. The highest BCUT2D eigenvalue weighted by atomic mass is 15.2. The van der Waals surface area contributed by atoms with Gasteiger partial charge in [-0.05, 0) is 116 Å². The van der Waals surface area contributed by atoms with Gasteiger partial charge < -0.3 is 4.90 Å². The molecule has 2 aromatic rings. The average molecular weight is 699 g/mol. The van der Waals surface area contributed by atoms with Crippen LogP contribution < -0.4 is 0 Å². The van der Waals surface area contributed by atoms with Crippen LogP contribution in [0, 0.1) is 5.92 Å². The van der Waals surface area contributed by atoms with Gasteiger partial charge in [-0.1, -0.05) is 161 Å². The Bertz CT molecular complexity index is 1980. The van der Waals surface area contributed by atoms with Crippen molar-refractivity contribution in [3.63, 3.8) is 0 Å². The molecule has 2 aliphatic carbocycles. The highest BCUT2D eigenvalue weighted by molar-refractivity contribution is 5.73. The lowest BCUT2D eigenvalue weighted by atomic mass is 9.82. The van der Waals surface area contributed by atoms with Crippen LogP contribution in [0.5, 0.6) is 0 Å². The van der Waals surface area contributed by atoms with Crippen molar-refractivity contribution >= 4 is 11.8 Å². The van der Waals surface area contributed by atoms with Crippen LogP contribution in [0.4, 0.5) is 0 Å². The summed E-state index contributed by atoms with van der Waals surface area (Å²) in [5.41, 5.74) is 15.1. The van der Waals surface area contributed by atoms with Crippen molar-refractivity contribution in [1.29, 1.82) is 0 Å². The molecule has 0 N–H and O–H groups in total. The molecule has 0 spiro atoms. The van der Waals surface area contributed by atoms with Gasteiger partial charge in [0.1, 0.15) is 0 Å². The Labute approximate surface area is 320 Å². The zero-order valence-corrected chi connectivity index (χ0v) is 32.9. The van der Waals surface area contributed by atoms with Crippen molar-refractivity contribution in [3.8, 4) is 0 Å². The fourth-order valence-electron chi connectivity index (χ4n) is 7.54. The predicted octanol–water partition coefficient (Wildman–Crippen LogP) is 14.3. The number of nitrogens with zero attached hydrogens (tertiary/aromatic N) is 2. The lowest BCUT2D eigenvalue weighted by Gasteiger charge is -2.40. The fourth-order valence-corrected chi connectivity index (χ4v) is 7.54. The van der Waals surface area contributed by atoms with E-state index in [1.807, 2.05) is 0 Å². The van der Waals surface area contributed by atoms with E-state index in [9.17, 15) is 0 Å². The van der Waals surface area contributed by atoms with Gasteiger partial charge in [0.2, 0.25) is 0 Å². The number of aliphatic imine (C=N–C) groups is 1. The smallest absolute Gasteiger partial charge is 0.0941 e. The lowest BCUT2D eigenvalue weighted by molar-refractivity contribution is 0.355. The van der Waals surface area contributed by atoms with Gasteiger partial charge in [0.15, 0.2) is 0 Å². The molecule has 2 unspecified atom stereocenters. The predicted molar refractivity (Wildman–Crippen MR) is 231 cm³/mol. The first-order valence-electron chi connectivity index (χ1n) is 19.6. The van der Waals surface area contributed by atoms with Crippen LogP contribution in [0.15, 0.2) is 202 Å². The second-order valence-corrected chi connectivity index (χ2v) is 13.9. The summed E-state index contributed by atoms with van der Waals surface area (Å²) >= 11 is 0. The van der Waals surface area contributed by atoms with E-state index in [-0.39, 0.29) is 6.04 Å². The molecular weight excluding hydrogens is 641 g/mol. The van der Waals surface area contributed by atoms with Crippen LogP contribution in [-0.4, -0.2) is 11.1 Å². The van der Waals surface area contributed by atoms with Crippen LogP contribution in [0.1, 0.15) is 97.2 Å². The Morgan fingerprint density at radius 2 is 1.70 bits per heavy atom. The lowest BCUT2D eigenvalue weighted by Crippen LogP contribution is -2.33. The highest BCUT2D eigenvalue weighted by Crippen LogP contribution is 2.42. The molecule has 0 fully saturated rings. The van der Waals surface area contributed by atoms with Crippen LogP contribution in [-0.2, 0) is 0 Å². The van der Waals surface area contributed by atoms with Crippen LogP contribution in [0.2, 0.25) is 0 Å². The number of hydrogen-bond donors (Lipinski definition) is 0. The molecule has 5 rings (SSSR count). The first-order chi connectivity index (χ1) is 25.9. The van der Waals surface area contributed by atoms with E-state index < -0.39 is 0 Å². The summed E-state index contributed by atoms with van der Waals surface area (Å²) in [6.07, 6.45) is 37.4. The molecule has 1 aliphatic heterocycles. The summed E-state index contributed by atoms with van der Waals surface area (Å²) in [6.45, 7) is 17.8. The molecule has 2 nitrogen and oxygen atoms in total. The molecular formula is C51H58N2. The molecule has 2 aromatic carbocycles. The maximum Gasteiger partial charge on any atom is 0.0941 e. The SMILES string of the molecule is C=C(CC(=C\C=C/C)/C(=C1/C=CC(C2=C(N3C(CC)=C(/C=C\C)N=CC3c3ccccc3)CCC=C2)=CCC1C)C(/C=C\CC)=C/C)c1ccccc1. The number of hydrogen-bond acceptors (Lipinski definition) is 2. The maximum atomic E-state index is 5.01. The second-order valence-electron chi connectivity index (χ2n) is 13.9. The average Bonchev–Trinajstić information content (AvgIpc) is 3.39. The van der Waals surface area contributed by atoms with Gasteiger partial charge in [0, 0.05) is 23.2 Å². The Kier molecular flexibility index (Phi) is 14.4. The molecule has 0 saturated carbocycles. The molecule has 1 heterocycles. The summed E-state index contributed by atoms with van der Waals surface area (Å²) in [6, 6.07) is 21.5. The van der Waals surface area contributed by atoms with E-state index in [0.717, 1.165) is 49.8 Å². The van der Waals surface area contributed by atoms with Crippen LogP contribution in [0.3, 0.4) is 0 Å². The van der Waals surface area contributed by atoms with Gasteiger partial charge in [-0.25, -0.2) is 0 Å². The Morgan fingerprint density at radius 3 is 2.38 bits per heavy atom. The Morgan fingerprint density at radius 1 is 0.943 bits per heavy atom. The molecule has 53 heavy (non-hydrogen) atoms.